The first-order valence-corrected chi connectivity index (χ1v) is 9.50. The molecule has 152 valence electrons. The molecule has 0 aliphatic rings. The molecule has 28 heavy (non-hydrogen) atoms. The quantitative estimate of drug-likeness (QED) is 0.317. The number of halogens is 2. The topological polar surface area (TPSA) is 56.7 Å². The van der Waals surface area contributed by atoms with Gasteiger partial charge >= 0.3 is 0 Å². The van der Waals surface area contributed by atoms with E-state index in [0.717, 1.165) is 17.7 Å². The maximum atomic E-state index is 12.3. The molecule has 0 heterocycles. The van der Waals surface area contributed by atoms with Gasteiger partial charge in [0.05, 0.1) is 6.54 Å². The number of guanidine groups is 1. The molecule has 2 aromatic rings. The number of hydrogen-bond acceptors (Lipinski definition) is 2. The van der Waals surface area contributed by atoms with Crippen LogP contribution in [-0.4, -0.2) is 36.9 Å². The molecule has 0 unspecified atom stereocenters. The molecule has 0 fully saturated rings. The number of hydrogen-bond donors (Lipinski definition) is 2. The number of carbonyl (C=O) groups excluding carboxylic acids is 1. The largest absolute Gasteiger partial charge is 0.357 e. The fourth-order valence-corrected chi connectivity index (χ4v) is 2.65. The zero-order valence-electron chi connectivity index (χ0n) is 16.3. The molecule has 0 aliphatic carbocycles. The summed E-state index contributed by atoms with van der Waals surface area (Å²) in [6, 6.07) is 17.6. The third-order valence-electron chi connectivity index (χ3n) is 4.00. The first-order valence-electron chi connectivity index (χ1n) is 9.13. The van der Waals surface area contributed by atoms with Gasteiger partial charge in [-0.05, 0) is 30.2 Å². The number of nitrogens with zero attached hydrogens (tertiary/aromatic N) is 2. The second-order valence-corrected chi connectivity index (χ2v) is 6.67. The maximum Gasteiger partial charge on any atom is 0.224 e. The summed E-state index contributed by atoms with van der Waals surface area (Å²) in [7, 11) is 1.83. The number of aliphatic imine (C=N–C) groups is 1. The monoisotopic (exact) mass is 514 g/mol. The second kappa shape index (κ2) is 13.4. The van der Waals surface area contributed by atoms with Crippen molar-refractivity contribution in [1.82, 2.24) is 15.5 Å². The van der Waals surface area contributed by atoms with E-state index in [1.165, 1.54) is 0 Å². The molecule has 5 nitrogen and oxygen atoms in total. The van der Waals surface area contributed by atoms with Crippen LogP contribution in [0.2, 0.25) is 5.02 Å². The molecule has 0 aliphatic heterocycles. The summed E-state index contributed by atoms with van der Waals surface area (Å²) in [5.41, 5.74) is 2.20. The number of amides is 1. The highest BCUT2D eigenvalue weighted by atomic mass is 127. The maximum absolute atomic E-state index is 12.3. The van der Waals surface area contributed by atoms with Crippen molar-refractivity contribution < 1.29 is 4.79 Å². The van der Waals surface area contributed by atoms with Crippen LogP contribution in [0.25, 0.3) is 0 Å². The highest BCUT2D eigenvalue weighted by Gasteiger charge is 2.09. The van der Waals surface area contributed by atoms with E-state index >= 15 is 0 Å². The molecular weight excluding hydrogens is 487 g/mol. The van der Waals surface area contributed by atoms with Gasteiger partial charge in [0.1, 0.15) is 0 Å². The molecule has 0 saturated heterocycles. The van der Waals surface area contributed by atoms with Gasteiger partial charge in [0.25, 0.3) is 0 Å². The minimum atomic E-state index is 0. The summed E-state index contributed by atoms with van der Waals surface area (Å²) < 4.78 is 0. The van der Waals surface area contributed by atoms with E-state index in [0.29, 0.717) is 37.0 Å². The van der Waals surface area contributed by atoms with E-state index in [4.69, 9.17) is 11.6 Å². The normalized spacial score (nSPS) is 10.8. The van der Waals surface area contributed by atoms with E-state index in [2.05, 4.69) is 15.6 Å². The van der Waals surface area contributed by atoms with Gasteiger partial charge in [-0.3, -0.25) is 4.79 Å². The van der Waals surface area contributed by atoms with Crippen molar-refractivity contribution in [1.29, 1.82) is 0 Å². The summed E-state index contributed by atoms with van der Waals surface area (Å²) in [6.45, 7) is 4.47. The first kappa shape index (κ1) is 24.2. The second-order valence-electron chi connectivity index (χ2n) is 6.23. The van der Waals surface area contributed by atoms with Crippen molar-refractivity contribution in [2.75, 3.05) is 20.1 Å². The predicted molar refractivity (Wildman–Crippen MR) is 127 cm³/mol. The van der Waals surface area contributed by atoms with Crippen molar-refractivity contribution in [2.45, 2.75) is 26.4 Å². The van der Waals surface area contributed by atoms with Gasteiger partial charge in [-0.1, -0.05) is 54.1 Å². The van der Waals surface area contributed by atoms with Crippen molar-refractivity contribution in [3.05, 3.63) is 70.7 Å². The summed E-state index contributed by atoms with van der Waals surface area (Å²) in [5, 5.41) is 7.13. The van der Waals surface area contributed by atoms with E-state index in [-0.39, 0.29) is 29.9 Å². The molecule has 2 rings (SSSR count). The van der Waals surface area contributed by atoms with Gasteiger partial charge in [0, 0.05) is 38.1 Å². The lowest BCUT2D eigenvalue weighted by Gasteiger charge is -2.18. The molecule has 0 radical (unpaired) electrons. The SMILES string of the molecule is CCNC(=NCc1ccc(Cl)cc1)NCCC(=O)N(C)Cc1ccccc1.I. The summed E-state index contributed by atoms with van der Waals surface area (Å²) in [6.07, 6.45) is 0.411. The Hall–Kier alpha value is -1.80. The zero-order valence-corrected chi connectivity index (χ0v) is 19.4. The molecule has 0 atom stereocenters. The summed E-state index contributed by atoms with van der Waals surface area (Å²) in [4.78, 5) is 18.6. The Morgan fingerprint density at radius 3 is 2.36 bits per heavy atom. The van der Waals surface area contributed by atoms with Gasteiger partial charge < -0.3 is 15.5 Å². The minimum absolute atomic E-state index is 0. The molecule has 2 aromatic carbocycles. The molecule has 2 N–H and O–H groups in total. The van der Waals surface area contributed by atoms with Crippen molar-refractivity contribution in [2.24, 2.45) is 4.99 Å². The number of nitrogens with one attached hydrogen (secondary N) is 2. The standard InChI is InChI=1S/C21H27ClN4O.HI/c1-3-23-21(25-15-17-9-11-19(22)12-10-17)24-14-13-20(27)26(2)16-18-7-5-4-6-8-18;/h4-12H,3,13-16H2,1-2H3,(H2,23,24,25);1H. The smallest absolute Gasteiger partial charge is 0.224 e. The highest BCUT2D eigenvalue weighted by Crippen LogP contribution is 2.10. The molecule has 0 aromatic heterocycles. The lowest BCUT2D eigenvalue weighted by Crippen LogP contribution is -2.39. The van der Waals surface area contributed by atoms with Gasteiger partial charge in [0.15, 0.2) is 5.96 Å². The Morgan fingerprint density at radius 2 is 1.71 bits per heavy atom. The Morgan fingerprint density at radius 1 is 1.04 bits per heavy atom. The molecule has 1 amide bonds. The van der Waals surface area contributed by atoms with Crippen LogP contribution in [0.4, 0.5) is 0 Å². The third kappa shape index (κ3) is 8.93. The Bertz CT molecular complexity index is 738. The third-order valence-corrected chi connectivity index (χ3v) is 4.25. The fourth-order valence-electron chi connectivity index (χ4n) is 2.53. The number of benzene rings is 2. The zero-order chi connectivity index (χ0) is 19.5. The van der Waals surface area contributed by atoms with Crippen LogP contribution in [0.5, 0.6) is 0 Å². The molecular formula is C21H28ClIN4O. The predicted octanol–water partition coefficient (Wildman–Crippen LogP) is 4.06. The van der Waals surface area contributed by atoms with E-state index in [1.807, 2.05) is 68.6 Å². The van der Waals surface area contributed by atoms with Crippen LogP contribution in [0.1, 0.15) is 24.5 Å². The van der Waals surface area contributed by atoms with Crippen LogP contribution >= 0.6 is 35.6 Å². The summed E-state index contributed by atoms with van der Waals surface area (Å²) in [5.74, 6) is 0.797. The Balaban J connectivity index is 0.00000392. The van der Waals surface area contributed by atoms with Crippen molar-refractivity contribution in [3.63, 3.8) is 0 Å². The van der Waals surface area contributed by atoms with Gasteiger partial charge in [-0.2, -0.15) is 0 Å². The highest BCUT2D eigenvalue weighted by molar-refractivity contribution is 14.0. The van der Waals surface area contributed by atoms with Gasteiger partial charge in [-0.15, -0.1) is 24.0 Å². The first-order chi connectivity index (χ1) is 13.1. The molecule has 0 saturated carbocycles. The van der Waals surface area contributed by atoms with Crippen LogP contribution in [-0.2, 0) is 17.9 Å². The lowest BCUT2D eigenvalue weighted by atomic mass is 10.2. The van der Waals surface area contributed by atoms with Crippen LogP contribution < -0.4 is 10.6 Å². The van der Waals surface area contributed by atoms with Gasteiger partial charge in [0.2, 0.25) is 5.91 Å². The van der Waals surface area contributed by atoms with E-state index in [1.54, 1.807) is 4.90 Å². The fraction of sp³-hybridized carbons (Fsp3) is 0.333. The average molecular weight is 515 g/mol. The van der Waals surface area contributed by atoms with Crippen LogP contribution in [0.3, 0.4) is 0 Å². The Labute approximate surface area is 189 Å². The average Bonchev–Trinajstić information content (AvgIpc) is 2.68. The molecule has 7 heteroatoms. The molecule has 0 bridgehead atoms. The number of carbonyl (C=O) groups is 1. The van der Waals surface area contributed by atoms with E-state index in [9.17, 15) is 4.79 Å². The minimum Gasteiger partial charge on any atom is -0.357 e. The molecule has 0 spiro atoms. The summed E-state index contributed by atoms with van der Waals surface area (Å²) >= 11 is 5.90. The van der Waals surface area contributed by atoms with Crippen LogP contribution in [0.15, 0.2) is 59.6 Å². The Kier molecular flexibility index (Phi) is 11.6. The van der Waals surface area contributed by atoms with Crippen molar-refractivity contribution >= 4 is 47.4 Å². The van der Waals surface area contributed by atoms with Gasteiger partial charge in [-0.25, -0.2) is 4.99 Å². The van der Waals surface area contributed by atoms with E-state index < -0.39 is 0 Å². The van der Waals surface area contributed by atoms with Crippen molar-refractivity contribution in [3.8, 4) is 0 Å². The lowest BCUT2D eigenvalue weighted by molar-refractivity contribution is -0.130. The van der Waals surface area contributed by atoms with Crippen LogP contribution in [0, 0.1) is 0 Å². The number of rotatable bonds is 8.